The minimum Gasteiger partial charge on any atom is -0.493 e. The van der Waals surface area contributed by atoms with Gasteiger partial charge in [-0.05, 0) is 71.0 Å². The molecule has 0 aliphatic carbocycles. The summed E-state index contributed by atoms with van der Waals surface area (Å²) in [5.74, 6) is 0.615. The zero-order valence-electron chi connectivity index (χ0n) is 17.4. The van der Waals surface area contributed by atoms with Gasteiger partial charge in [0.25, 0.3) is 0 Å². The van der Waals surface area contributed by atoms with Crippen molar-refractivity contribution in [2.24, 2.45) is 0 Å². The number of carbonyl (C=O) groups excluding carboxylic acids is 1. The lowest BCUT2D eigenvalue weighted by Crippen LogP contribution is -2.04. The molecule has 0 unspecified atom stereocenters. The van der Waals surface area contributed by atoms with Crippen molar-refractivity contribution < 1.29 is 14.3 Å². The molecule has 0 saturated carbocycles. The molecular formula is C26H24ClNO3. The zero-order chi connectivity index (χ0) is 21.6. The summed E-state index contributed by atoms with van der Waals surface area (Å²) in [5, 5.41) is 1.87. The standard InChI is InChI=1S/C26H24ClNO3/c1-30-26(29)11-5-19-4-10-25(31-15-13-18-2-7-22(27)8-3-18)23(16-19)20-6-9-24-21(17-20)12-14-28-24/h2-4,6-10,12,14,16-17,28H,5,11,13,15H2,1H3. The van der Waals surface area contributed by atoms with E-state index in [4.69, 9.17) is 21.1 Å². The second-order valence-electron chi connectivity index (χ2n) is 7.41. The fourth-order valence-corrected chi connectivity index (χ4v) is 3.71. The quantitative estimate of drug-likeness (QED) is 0.336. The van der Waals surface area contributed by atoms with E-state index in [9.17, 15) is 4.79 Å². The topological polar surface area (TPSA) is 51.3 Å². The van der Waals surface area contributed by atoms with Crippen LogP contribution < -0.4 is 4.74 Å². The molecule has 0 aliphatic heterocycles. The van der Waals surface area contributed by atoms with Gasteiger partial charge < -0.3 is 14.5 Å². The Balaban J connectivity index is 1.58. The molecule has 5 heteroatoms. The molecule has 0 aliphatic rings. The van der Waals surface area contributed by atoms with E-state index in [1.807, 2.05) is 42.6 Å². The lowest BCUT2D eigenvalue weighted by Gasteiger charge is -2.14. The van der Waals surface area contributed by atoms with Crippen LogP contribution in [0.15, 0.2) is 72.9 Å². The number of fused-ring (bicyclic) bond motifs is 1. The van der Waals surface area contributed by atoms with Gasteiger partial charge in [-0.2, -0.15) is 0 Å². The summed E-state index contributed by atoms with van der Waals surface area (Å²) < 4.78 is 11.0. The van der Waals surface area contributed by atoms with Crippen molar-refractivity contribution >= 4 is 28.5 Å². The first-order valence-electron chi connectivity index (χ1n) is 10.3. The Labute approximate surface area is 186 Å². The van der Waals surface area contributed by atoms with Crippen molar-refractivity contribution in [3.05, 3.63) is 89.1 Å². The zero-order valence-corrected chi connectivity index (χ0v) is 18.1. The highest BCUT2D eigenvalue weighted by Crippen LogP contribution is 2.33. The monoisotopic (exact) mass is 433 g/mol. The molecule has 1 N–H and O–H groups in total. The van der Waals surface area contributed by atoms with Gasteiger partial charge in [-0.3, -0.25) is 4.79 Å². The molecule has 0 atom stereocenters. The molecule has 31 heavy (non-hydrogen) atoms. The summed E-state index contributed by atoms with van der Waals surface area (Å²) in [4.78, 5) is 14.8. The van der Waals surface area contributed by atoms with Gasteiger partial charge >= 0.3 is 5.97 Å². The molecule has 0 fully saturated rings. The predicted molar refractivity (Wildman–Crippen MR) is 125 cm³/mol. The van der Waals surface area contributed by atoms with E-state index in [2.05, 4.69) is 35.3 Å². The summed E-state index contributed by atoms with van der Waals surface area (Å²) in [7, 11) is 1.41. The van der Waals surface area contributed by atoms with E-state index in [0.717, 1.165) is 44.8 Å². The van der Waals surface area contributed by atoms with E-state index in [1.165, 1.54) is 12.7 Å². The summed E-state index contributed by atoms with van der Waals surface area (Å²) in [5.41, 5.74) is 5.43. The lowest BCUT2D eigenvalue weighted by atomic mass is 9.98. The molecule has 4 nitrogen and oxygen atoms in total. The first-order chi connectivity index (χ1) is 15.1. The fraction of sp³-hybridized carbons (Fsp3) is 0.192. The number of nitrogens with one attached hydrogen (secondary N) is 1. The van der Waals surface area contributed by atoms with E-state index < -0.39 is 0 Å². The van der Waals surface area contributed by atoms with Crippen LogP contribution in [-0.2, 0) is 22.4 Å². The van der Waals surface area contributed by atoms with Gasteiger partial charge in [0.1, 0.15) is 5.75 Å². The van der Waals surface area contributed by atoms with Crippen LogP contribution in [0.4, 0.5) is 0 Å². The van der Waals surface area contributed by atoms with Gasteiger partial charge in [0, 0.05) is 35.1 Å². The Morgan fingerprint density at radius 1 is 0.935 bits per heavy atom. The summed E-state index contributed by atoms with van der Waals surface area (Å²) in [6.07, 6.45) is 3.70. The third kappa shape index (κ3) is 5.28. The summed E-state index contributed by atoms with van der Waals surface area (Å²) in [6, 6.07) is 22.3. The SMILES string of the molecule is COC(=O)CCc1ccc(OCCc2ccc(Cl)cc2)c(-c2ccc3[nH]ccc3c2)c1. The maximum Gasteiger partial charge on any atom is 0.305 e. The van der Waals surface area contributed by atoms with Gasteiger partial charge in [0.15, 0.2) is 0 Å². The Morgan fingerprint density at radius 2 is 1.74 bits per heavy atom. The normalized spacial score (nSPS) is 10.9. The van der Waals surface area contributed by atoms with Crippen molar-refractivity contribution in [2.75, 3.05) is 13.7 Å². The number of rotatable bonds is 8. The minimum absolute atomic E-state index is 0.210. The number of carbonyl (C=O) groups is 1. The van der Waals surface area contributed by atoms with E-state index in [-0.39, 0.29) is 5.97 Å². The van der Waals surface area contributed by atoms with Crippen molar-refractivity contribution in [1.82, 2.24) is 4.98 Å². The second-order valence-corrected chi connectivity index (χ2v) is 7.85. The van der Waals surface area contributed by atoms with Crippen molar-refractivity contribution in [2.45, 2.75) is 19.3 Å². The first kappa shape index (κ1) is 21.0. The Bertz CT molecular complexity index is 1180. The van der Waals surface area contributed by atoms with Crippen LogP contribution >= 0.6 is 11.6 Å². The average molecular weight is 434 g/mol. The maximum atomic E-state index is 11.6. The number of methoxy groups -OCH3 is 1. The van der Waals surface area contributed by atoms with E-state index in [1.54, 1.807) is 0 Å². The van der Waals surface area contributed by atoms with Crippen LogP contribution in [0.5, 0.6) is 5.75 Å². The van der Waals surface area contributed by atoms with E-state index in [0.29, 0.717) is 19.4 Å². The fourth-order valence-electron chi connectivity index (χ4n) is 3.58. The number of ether oxygens (including phenoxy) is 2. The molecule has 4 aromatic rings. The van der Waals surface area contributed by atoms with Crippen LogP contribution in [0, 0.1) is 0 Å². The summed E-state index contributed by atoms with van der Waals surface area (Å²) >= 11 is 5.97. The number of aromatic amines is 1. The average Bonchev–Trinajstić information content (AvgIpc) is 3.27. The Kier molecular flexibility index (Phi) is 6.58. The number of aryl methyl sites for hydroxylation is 1. The number of benzene rings is 3. The maximum absolute atomic E-state index is 11.6. The van der Waals surface area contributed by atoms with Gasteiger partial charge in [-0.15, -0.1) is 0 Å². The van der Waals surface area contributed by atoms with Gasteiger partial charge in [0.2, 0.25) is 0 Å². The van der Waals surface area contributed by atoms with Crippen LogP contribution in [0.1, 0.15) is 17.5 Å². The minimum atomic E-state index is -0.210. The molecule has 3 aromatic carbocycles. The molecule has 1 aromatic heterocycles. The van der Waals surface area contributed by atoms with E-state index >= 15 is 0 Å². The second kappa shape index (κ2) is 9.71. The smallest absolute Gasteiger partial charge is 0.305 e. The number of aromatic nitrogens is 1. The van der Waals surface area contributed by atoms with Crippen molar-refractivity contribution in [1.29, 1.82) is 0 Å². The lowest BCUT2D eigenvalue weighted by molar-refractivity contribution is -0.140. The third-order valence-electron chi connectivity index (χ3n) is 5.32. The summed E-state index contributed by atoms with van der Waals surface area (Å²) in [6.45, 7) is 0.558. The predicted octanol–water partition coefficient (Wildman–Crippen LogP) is 6.22. The number of hydrogen-bond acceptors (Lipinski definition) is 3. The van der Waals surface area contributed by atoms with Crippen LogP contribution in [0.2, 0.25) is 5.02 Å². The first-order valence-corrected chi connectivity index (χ1v) is 10.6. The third-order valence-corrected chi connectivity index (χ3v) is 5.57. The molecule has 4 rings (SSSR count). The number of esters is 1. The molecule has 0 spiro atoms. The van der Waals surface area contributed by atoms with Gasteiger partial charge in [-0.25, -0.2) is 0 Å². The highest BCUT2D eigenvalue weighted by atomic mass is 35.5. The Morgan fingerprint density at radius 3 is 2.55 bits per heavy atom. The highest BCUT2D eigenvalue weighted by molar-refractivity contribution is 6.30. The molecule has 0 bridgehead atoms. The van der Waals surface area contributed by atoms with Crippen LogP contribution in [0.3, 0.4) is 0 Å². The van der Waals surface area contributed by atoms with Crippen LogP contribution in [0.25, 0.3) is 22.0 Å². The molecule has 0 radical (unpaired) electrons. The van der Waals surface area contributed by atoms with Crippen molar-refractivity contribution in [3.63, 3.8) is 0 Å². The number of H-pyrrole nitrogens is 1. The molecule has 0 amide bonds. The molecule has 0 saturated heterocycles. The molecule has 1 heterocycles. The molecular weight excluding hydrogens is 410 g/mol. The Hall–Kier alpha value is -3.24. The van der Waals surface area contributed by atoms with Crippen LogP contribution in [-0.4, -0.2) is 24.7 Å². The van der Waals surface area contributed by atoms with Crippen molar-refractivity contribution in [3.8, 4) is 16.9 Å². The largest absolute Gasteiger partial charge is 0.493 e. The highest BCUT2D eigenvalue weighted by Gasteiger charge is 2.11. The van der Waals surface area contributed by atoms with Gasteiger partial charge in [-0.1, -0.05) is 35.9 Å². The number of halogens is 1. The van der Waals surface area contributed by atoms with Gasteiger partial charge in [0.05, 0.1) is 13.7 Å². The number of hydrogen-bond donors (Lipinski definition) is 1. The molecule has 158 valence electrons.